The van der Waals surface area contributed by atoms with Crippen LogP contribution < -0.4 is 5.32 Å². The van der Waals surface area contributed by atoms with Crippen LogP contribution in [0.5, 0.6) is 0 Å². The lowest BCUT2D eigenvalue weighted by Gasteiger charge is -2.17. The van der Waals surface area contributed by atoms with Gasteiger partial charge in [-0.05, 0) is 55.3 Å². The summed E-state index contributed by atoms with van der Waals surface area (Å²) < 4.78 is 16.8. The number of aryl methyl sites for hydroxylation is 1. The van der Waals surface area contributed by atoms with Crippen molar-refractivity contribution in [1.29, 1.82) is 0 Å². The number of nitrogens with zero attached hydrogens (tertiary/aromatic N) is 3. The molecule has 1 unspecified atom stereocenters. The second-order valence-corrected chi connectivity index (χ2v) is 6.81. The molecular weight excluding hydrogens is 331 g/mol. The average molecular weight is 354 g/mol. The second kappa shape index (κ2) is 7.15. The summed E-state index contributed by atoms with van der Waals surface area (Å²) in [6, 6.07) is 11.6. The van der Waals surface area contributed by atoms with Gasteiger partial charge in [0.15, 0.2) is 0 Å². The molecule has 0 bridgehead atoms. The number of carbonyl (C=O) groups is 1. The first kappa shape index (κ1) is 17.9. The van der Waals surface area contributed by atoms with Gasteiger partial charge in [-0.1, -0.05) is 13.8 Å². The van der Waals surface area contributed by atoms with E-state index in [1.54, 1.807) is 22.9 Å². The van der Waals surface area contributed by atoms with Crippen molar-refractivity contribution in [3.8, 4) is 17.1 Å². The van der Waals surface area contributed by atoms with Gasteiger partial charge in [0, 0.05) is 19.3 Å². The molecule has 0 aliphatic heterocycles. The first-order valence-corrected chi connectivity index (χ1v) is 8.65. The van der Waals surface area contributed by atoms with E-state index in [-0.39, 0.29) is 17.8 Å². The number of rotatable bonds is 5. The highest BCUT2D eigenvalue weighted by atomic mass is 19.1. The molecule has 3 rings (SSSR count). The largest absolute Gasteiger partial charge is 0.349 e. The van der Waals surface area contributed by atoms with Crippen molar-refractivity contribution in [3.63, 3.8) is 0 Å². The number of hydrogen-bond acceptors (Lipinski definition) is 2. The molecule has 26 heavy (non-hydrogen) atoms. The molecule has 0 radical (unpaired) electrons. The monoisotopic (exact) mass is 354 g/mol. The lowest BCUT2D eigenvalue weighted by Crippen LogP contribution is -2.37. The van der Waals surface area contributed by atoms with Gasteiger partial charge in [0.1, 0.15) is 17.2 Å². The van der Waals surface area contributed by atoms with Crippen molar-refractivity contribution in [2.45, 2.75) is 26.8 Å². The third-order valence-corrected chi connectivity index (χ3v) is 4.58. The van der Waals surface area contributed by atoms with Crippen LogP contribution in [0.2, 0.25) is 0 Å². The van der Waals surface area contributed by atoms with Crippen molar-refractivity contribution in [3.05, 3.63) is 60.2 Å². The number of halogens is 1. The number of hydrogen-bond donors (Lipinski definition) is 1. The fourth-order valence-corrected chi connectivity index (χ4v) is 2.62. The quantitative estimate of drug-likeness (QED) is 0.758. The van der Waals surface area contributed by atoms with Crippen LogP contribution in [-0.4, -0.2) is 26.3 Å². The van der Waals surface area contributed by atoms with Gasteiger partial charge >= 0.3 is 0 Å². The molecular formula is C20H23FN4O. The predicted molar refractivity (Wildman–Crippen MR) is 99.7 cm³/mol. The molecule has 1 atom stereocenters. The lowest BCUT2D eigenvalue weighted by atomic mass is 10.1. The van der Waals surface area contributed by atoms with Crippen LogP contribution in [0, 0.1) is 11.7 Å². The van der Waals surface area contributed by atoms with Crippen LogP contribution in [-0.2, 0) is 7.05 Å². The zero-order chi connectivity index (χ0) is 18.8. The van der Waals surface area contributed by atoms with Crippen molar-refractivity contribution in [2.24, 2.45) is 13.0 Å². The minimum atomic E-state index is -0.331. The smallest absolute Gasteiger partial charge is 0.270 e. The number of benzene rings is 1. The molecule has 2 heterocycles. The Kier molecular flexibility index (Phi) is 4.93. The highest BCUT2D eigenvalue weighted by Crippen LogP contribution is 2.22. The second-order valence-electron chi connectivity index (χ2n) is 6.81. The highest BCUT2D eigenvalue weighted by molar-refractivity contribution is 5.94. The van der Waals surface area contributed by atoms with E-state index in [4.69, 9.17) is 0 Å². The molecule has 0 saturated carbocycles. The number of carbonyl (C=O) groups excluding carboxylic acids is 1. The van der Waals surface area contributed by atoms with Gasteiger partial charge in [0.2, 0.25) is 0 Å². The average Bonchev–Trinajstić information content (AvgIpc) is 3.21. The molecule has 2 aromatic heterocycles. The van der Waals surface area contributed by atoms with Gasteiger partial charge in [-0.15, -0.1) is 0 Å². The Morgan fingerprint density at radius 2 is 1.85 bits per heavy atom. The Hall–Kier alpha value is -2.89. The van der Waals surface area contributed by atoms with Crippen LogP contribution in [0.15, 0.2) is 48.7 Å². The maximum Gasteiger partial charge on any atom is 0.270 e. The van der Waals surface area contributed by atoms with E-state index in [1.165, 1.54) is 12.1 Å². The molecule has 1 aromatic carbocycles. The first-order chi connectivity index (χ1) is 12.4. The van der Waals surface area contributed by atoms with Crippen LogP contribution in [0.4, 0.5) is 4.39 Å². The number of aromatic nitrogens is 3. The Bertz CT molecular complexity index is 908. The van der Waals surface area contributed by atoms with Crippen LogP contribution in [0.1, 0.15) is 31.3 Å². The van der Waals surface area contributed by atoms with E-state index in [2.05, 4.69) is 24.3 Å². The summed E-state index contributed by atoms with van der Waals surface area (Å²) in [5.74, 6) is -0.222. The standard InChI is InChI=1S/C20H23FN4O/c1-13(2)14(3)22-20(26)19-12-17(18-6-5-11-24(18)4)23-25(19)16-9-7-15(21)8-10-16/h5-14H,1-4H3,(H,22,26). The maximum atomic E-state index is 13.3. The zero-order valence-electron chi connectivity index (χ0n) is 15.4. The number of nitrogens with one attached hydrogen (secondary N) is 1. The maximum absolute atomic E-state index is 13.3. The molecule has 1 amide bonds. The fraction of sp³-hybridized carbons (Fsp3) is 0.300. The van der Waals surface area contributed by atoms with Gasteiger partial charge in [-0.2, -0.15) is 5.10 Å². The molecule has 136 valence electrons. The van der Waals surface area contributed by atoms with Crippen molar-refractivity contribution in [2.75, 3.05) is 0 Å². The Morgan fingerprint density at radius 1 is 1.15 bits per heavy atom. The summed E-state index contributed by atoms with van der Waals surface area (Å²) in [5, 5.41) is 7.61. The summed E-state index contributed by atoms with van der Waals surface area (Å²) >= 11 is 0. The van der Waals surface area contributed by atoms with Gasteiger partial charge in [0.25, 0.3) is 5.91 Å². The van der Waals surface area contributed by atoms with Crippen LogP contribution in [0.3, 0.4) is 0 Å². The third-order valence-electron chi connectivity index (χ3n) is 4.58. The Labute approximate surface area is 152 Å². The van der Waals surface area contributed by atoms with Crippen molar-refractivity contribution < 1.29 is 9.18 Å². The molecule has 0 aliphatic carbocycles. The molecule has 3 aromatic rings. The topological polar surface area (TPSA) is 51.9 Å². The zero-order valence-corrected chi connectivity index (χ0v) is 15.4. The molecule has 0 spiro atoms. The van der Waals surface area contributed by atoms with Crippen molar-refractivity contribution in [1.82, 2.24) is 19.7 Å². The van der Waals surface area contributed by atoms with E-state index >= 15 is 0 Å². The predicted octanol–water partition coefficient (Wildman–Crippen LogP) is 3.79. The van der Waals surface area contributed by atoms with E-state index in [1.807, 2.05) is 36.9 Å². The summed E-state index contributed by atoms with van der Waals surface area (Å²) in [5.41, 5.74) is 2.63. The first-order valence-electron chi connectivity index (χ1n) is 8.65. The third kappa shape index (κ3) is 3.54. The molecule has 0 fully saturated rings. The van der Waals surface area contributed by atoms with E-state index < -0.39 is 0 Å². The van der Waals surface area contributed by atoms with E-state index in [9.17, 15) is 9.18 Å². The summed E-state index contributed by atoms with van der Waals surface area (Å²) in [6.07, 6.45) is 1.92. The lowest BCUT2D eigenvalue weighted by molar-refractivity contribution is 0.0922. The van der Waals surface area contributed by atoms with E-state index in [0.29, 0.717) is 23.0 Å². The molecule has 1 N–H and O–H groups in total. The number of amides is 1. The van der Waals surface area contributed by atoms with Gasteiger partial charge in [0.05, 0.1) is 11.4 Å². The summed E-state index contributed by atoms with van der Waals surface area (Å²) in [7, 11) is 1.92. The Balaban J connectivity index is 2.06. The molecule has 0 aliphatic rings. The summed E-state index contributed by atoms with van der Waals surface area (Å²) in [6.45, 7) is 6.08. The van der Waals surface area contributed by atoms with Crippen molar-refractivity contribution >= 4 is 5.91 Å². The van der Waals surface area contributed by atoms with Gasteiger partial charge in [-0.3, -0.25) is 4.79 Å². The Morgan fingerprint density at radius 3 is 2.42 bits per heavy atom. The molecule has 6 heteroatoms. The minimum absolute atomic E-state index is 0.0255. The normalized spacial score (nSPS) is 12.4. The highest BCUT2D eigenvalue weighted by Gasteiger charge is 2.20. The van der Waals surface area contributed by atoms with Gasteiger partial charge < -0.3 is 9.88 Å². The van der Waals surface area contributed by atoms with Gasteiger partial charge in [-0.25, -0.2) is 9.07 Å². The summed E-state index contributed by atoms with van der Waals surface area (Å²) in [4.78, 5) is 12.8. The fourth-order valence-electron chi connectivity index (χ4n) is 2.62. The van der Waals surface area contributed by atoms with Crippen LogP contribution >= 0.6 is 0 Å². The van der Waals surface area contributed by atoms with E-state index in [0.717, 1.165) is 5.69 Å². The minimum Gasteiger partial charge on any atom is -0.349 e. The SMILES string of the molecule is CC(C)C(C)NC(=O)c1cc(-c2cccn2C)nn1-c1ccc(F)cc1. The molecule has 5 nitrogen and oxygen atoms in total. The van der Waals surface area contributed by atoms with Crippen LogP contribution in [0.25, 0.3) is 17.1 Å². The molecule has 0 saturated heterocycles.